The van der Waals surface area contributed by atoms with Gasteiger partial charge in [0.2, 0.25) is 0 Å². The van der Waals surface area contributed by atoms with Gasteiger partial charge in [-0.2, -0.15) is 0 Å². The van der Waals surface area contributed by atoms with Crippen LogP contribution in [0.15, 0.2) is 48.7 Å². The Morgan fingerprint density at radius 1 is 1.00 bits per heavy atom. The normalized spacial score (nSPS) is 11.1. The van der Waals surface area contributed by atoms with E-state index >= 15 is 0 Å². The molecule has 1 amide bonds. The summed E-state index contributed by atoms with van der Waals surface area (Å²) in [5.41, 5.74) is 2.77. The van der Waals surface area contributed by atoms with Crippen LogP contribution >= 0.6 is 0 Å². The van der Waals surface area contributed by atoms with Gasteiger partial charge in [-0.05, 0) is 44.0 Å². The van der Waals surface area contributed by atoms with Gasteiger partial charge in [0, 0.05) is 25.8 Å². The van der Waals surface area contributed by atoms with Crippen LogP contribution in [0.25, 0.3) is 0 Å². The fraction of sp³-hybridized carbons (Fsp3) is 0.368. The van der Waals surface area contributed by atoms with E-state index in [4.69, 9.17) is 4.74 Å². The quantitative estimate of drug-likeness (QED) is 0.853. The number of pyridine rings is 1. The molecule has 0 unspecified atom stereocenters. The van der Waals surface area contributed by atoms with Gasteiger partial charge in [0.05, 0.1) is 5.69 Å². The average Bonchev–Trinajstić information content (AvgIpc) is 2.53. The average molecular weight is 327 g/mol. The first-order valence-corrected chi connectivity index (χ1v) is 8.08. The highest BCUT2D eigenvalue weighted by Crippen LogP contribution is 2.08. The summed E-state index contributed by atoms with van der Waals surface area (Å²) in [6, 6.07) is 14.0. The van der Waals surface area contributed by atoms with Gasteiger partial charge in [-0.15, -0.1) is 0 Å². The number of nitrogens with one attached hydrogen (secondary N) is 2. The van der Waals surface area contributed by atoms with Crippen molar-refractivity contribution in [1.29, 1.82) is 0 Å². The van der Waals surface area contributed by atoms with Crippen molar-refractivity contribution in [1.82, 2.24) is 15.6 Å². The summed E-state index contributed by atoms with van der Waals surface area (Å²) in [5, 5.41) is 6.12. The maximum absolute atomic E-state index is 11.6. The van der Waals surface area contributed by atoms with E-state index in [9.17, 15) is 4.79 Å². The molecule has 1 aromatic carbocycles. The van der Waals surface area contributed by atoms with Gasteiger partial charge < -0.3 is 15.4 Å². The molecule has 128 valence electrons. The summed E-state index contributed by atoms with van der Waals surface area (Å²) in [5.74, 6) is 0. The van der Waals surface area contributed by atoms with Crippen molar-refractivity contribution in [2.24, 2.45) is 0 Å². The van der Waals surface area contributed by atoms with Crippen LogP contribution in [0, 0.1) is 0 Å². The highest BCUT2D eigenvalue weighted by molar-refractivity contribution is 5.67. The van der Waals surface area contributed by atoms with Crippen LogP contribution in [-0.4, -0.2) is 16.7 Å². The zero-order valence-electron chi connectivity index (χ0n) is 14.5. The molecule has 0 atom stereocenters. The van der Waals surface area contributed by atoms with Gasteiger partial charge in [0.15, 0.2) is 0 Å². The number of ether oxygens (including phenoxy) is 1. The monoisotopic (exact) mass is 327 g/mol. The van der Waals surface area contributed by atoms with Crippen molar-refractivity contribution in [2.75, 3.05) is 0 Å². The second-order valence-corrected chi connectivity index (χ2v) is 6.60. The van der Waals surface area contributed by atoms with E-state index in [-0.39, 0.29) is 0 Å². The molecule has 5 heteroatoms. The summed E-state index contributed by atoms with van der Waals surface area (Å²) in [6.45, 7) is 7.51. The summed E-state index contributed by atoms with van der Waals surface area (Å²) in [6.07, 6.45) is 1.40. The summed E-state index contributed by atoms with van der Waals surface area (Å²) in [4.78, 5) is 15.9. The van der Waals surface area contributed by atoms with Crippen LogP contribution in [0.3, 0.4) is 0 Å². The first kappa shape index (κ1) is 17.9. The topological polar surface area (TPSA) is 63.2 Å². The van der Waals surface area contributed by atoms with E-state index in [2.05, 4.69) is 27.8 Å². The number of amides is 1. The smallest absolute Gasteiger partial charge is 0.407 e. The highest BCUT2D eigenvalue weighted by atomic mass is 16.6. The van der Waals surface area contributed by atoms with Crippen LogP contribution in [-0.2, 0) is 24.4 Å². The minimum atomic E-state index is -0.479. The van der Waals surface area contributed by atoms with Gasteiger partial charge in [-0.25, -0.2) is 4.79 Å². The Bertz CT molecular complexity index is 634. The number of alkyl carbamates (subject to hydrolysis) is 1. The minimum Gasteiger partial charge on any atom is -0.444 e. The molecule has 0 spiro atoms. The van der Waals surface area contributed by atoms with Crippen LogP contribution in [0.5, 0.6) is 0 Å². The lowest BCUT2D eigenvalue weighted by Gasteiger charge is -2.19. The Labute approximate surface area is 143 Å². The molecule has 0 aliphatic carbocycles. The molecule has 0 bridgehead atoms. The lowest BCUT2D eigenvalue weighted by molar-refractivity contribution is 0.0523. The third-order valence-electron chi connectivity index (χ3n) is 3.22. The molecular formula is C19H25N3O2. The van der Waals surface area contributed by atoms with Crippen molar-refractivity contribution in [3.63, 3.8) is 0 Å². The first-order valence-electron chi connectivity index (χ1n) is 8.08. The predicted molar refractivity (Wildman–Crippen MR) is 94.3 cm³/mol. The maximum atomic E-state index is 11.6. The van der Waals surface area contributed by atoms with Crippen molar-refractivity contribution < 1.29 is 9.53 Å². The van der Waals surface area contributed by atoms with E-state index in [0.29, 0.717) is 6.54 Å². The Hall–Kier alpha value is -2.40. The van der Waals surface area contributed by atoms with Gasteiger partial charge in [-0.1, -0.05) is 30.3 Å². The number of aromatic nitrogens is 1. The molecule has 24 heavy (non-hydrogen) atoms. The number of carbonyl (C=O) groups excluding carboxylic acids is 1. The highest BCUT2D eigenvalue weighted by Gasteiger charge is 2.15. The lowest BCUT2D eigenvalue weighted by atomic mass is 10.1. The number of hydrogen-bond donors (Lipinski definition) is 2. The second-order valence-electron chi connectivity index (χ2n) is 6.60. The maximum Gasteiger partial charge on any atom is 0.407 e. The summed E-state index contributed by atoms with van der Waals surface area (Å²) < 4.78 is 5.21. The summed E-state index contributed by atoms with van der Waals surface area (Å²) >= 11 is 0. The Morgan fingerprint density at radius 2 is 1.67 bits per heavy atom. The van der Waals surface area contributed by atoms with E-state index in [1.807, 2.05) is 51.1 Å². The Morgan fingerprint density at radius 3 is 2.25 bits per heavy atom. The van der Waals surface area contributed by atoms with Crippen molar-refractivity contribution in [3.8, 4) is 0 Å². The third-order valence-corrected chi connectivity index (χ3v) is 3.22. The van der Waals surface area contributed by atoms with Gasteiger partial charge in [0.25, 0.3) is 0 Å². The minimum absolute atomic E-state index is 0.399. The number of hydrogen-bond acceptors (Lipinski definition) is 4. The molecule has 2 aromatic rings. The molecule has 2 N–H and O–H groups in total. The lowest BCUT2D eigenvalue weighted by Crippen LogP contribution is -2.32. The molecule has 2 rings (SSSR count). The molecule has 0 aliphatic rings. The SMILES string of the molecule is CC(C)(C)OC(=O)NCc1ccc(CNCc2ccccn2)cc1. The molecule has 0 saturated heterocycles. The van der Waals surface area contributed by atoms with Crippen molar-refractivity contribution in [2.45, 2.75) is 46.0 Å². The fourth-order valence-electron chi connectivity index (χ4n) is 2.10. The molecule has 5 nitrogen and oxygen atoms in total. The van der Waals surface area contributed by atoms with E-state index in [0.717, 1.165) is 24.3 Å². The van der Waals surface area contributed by atoms with Crippen LogP contribution < -0.4 is 10.6 Å². The molecule has 1 heterocycles. The number of benzene rings is 1. The predicted octanol–water partition coefficient (Wildman–Crippen LogP) is 3.40. The molecule has 0 aliphatic heterocycles. The largest absolute Gasteiger partial charge is 0.444 e. The van der Waals surface area contributed by atoms with Gasteiger partial charge in [-0.3, -0.25) is 4.98 Å². The number of rotatable bonds is 6. The standard InChI is InChI=1S/C19H25N3O2/c1-19(2,3)24-18(23)22-13-16-9-7-15(8-10-16)12-20-14-17-6-4-5-11-21-17/h4-11,20H,12-14H2,1-3H3,(H,22,23). The fourth-order valence-corrected chi connectivity index (χ4v) is 2.10. The van der Waals surface area contributed by atoms with Crippen LogP contribution in [0.1, 0.15) is 37.6 Å². The van der Waals surface area contributed by atoms with E-state index in [1.165, 1.54) is 5.56 Å². The third kappa shape index (κ3) is 6.79. The van der Waals surface area contributed by atoms with Crippen LogP contribution in [0.2, 0.25) is 0 Å². The molecule has 1 aromatic heterocycles. The van der Waals surface area contributed by atoms with Crippen molar-refractivity contribution >= 4 is 6.09 Å². The zero-order valence-corrected chi connectivity index (χ0v) is 14.5. The molecular weight excluding hydrogens is 302 g/mol. The Kier molecular flexibility index (Phi) is 6.32. The van der Waals surface area contributed by atoms with E-state index < -0.39 is 11.7 Å². The van der Waals surface area contributed by atoms with Crippen LogP contribution in [0.4, 0.5) is 4.79 Å². The second kappa shape index (κ2) is 8.45. The summed E-state index contributed by atoms with van der Waals surface area (Å²) in [7, 11) is 0. The number of carbonyl (C=O) groups is 1. The Balaban J connectivity index is 1.73. The van der Waals surface area contributed by atoms with Gasteiger partial charge >= 0.3 is 6.09 Å². The zero-order chi connectivity index (χ0) is 17.4. The molecule has 0 radical (unpaired) electrons. The van der Waals surface area contributed by atoms with Gasteiger partial charge in [0.1, 0.15) is 5.60 Å². The van der Waals surface area contributed by atoms with E-state index in [1.54, 1.807) is 6.20 Å². The first-order chi connectivity index (χ1) is 11.4. The molecule has 0 fully saturated rings. The van der Waals surface area contributed by atoms with Crippen molar-refractivity contribution in [3.05, 3.63) is 65.5 Å². The molecule has 0 saturated carbocycles. The number of nitrogens with zero attached hydrogens (tertiary/aromatic N) is 1.